The van der Waals surface area contributed by atoms with Gasteiger partial charge in [-0.05, 0) is 55.6 Å². The molecule has 2 heterocycles. The third kappa shape index (κ3) is 5.55. The van der Waals surface area contributed by atoms with E-state index >= 15 is 0 Å². The molecule has 31 heavy (non-hydrogen) atoms. The number of piperidine rings is 1. The summed E-state index contributed by atoms with van der Waals surface area (Å²) in [7, 11) is 3.50. The molecule has 1 aromatic carbocycles. The number of nitrogens with one attached hydrogen (secondary N) is 1. The highest BCUT2D eigenvalue weighted by atomic mass is 19.4. The number of benzene rings is 1. The van der Waals surface area contributed by atoms with Crippen LogP contribution in [0.5, 0.6) is 0 Å². The second kappa shape index (κ2) is 9.25. The van der Waals surface area contributed by atoms with E-state index in [1.54, 1.807) is 25.1 Å². The molecule has 3 rings (SSSR count). The van der Waals surface area contributed by atoms with Crippen LogP contribution >= 0.6 is 0 Å². The highest BCUT2D eigenvalue weighted by molar-refractivity contribution is 6.07. The highest BCUT2D eigenvalue weighted by Crippen LogP contribution is 2.45. The molecule has 1 aromatic rings. The van der Waals surface area contributed by atoms with E-state index < -0.39 is 17.6 Å². The summed E-state index contributed by atoms with van der Waals surface area (Å²) in [5.41, 5.74) is 2.06. The van der Waals surface area contributed by atoms with Crippen molar-refractivity contribution in [3.8, 4) is 0 Å². The first kappa shape index (κ1) is 24.6. The van der Waals surface area contributed by atoms with Gasteiger partial charge in [0.1, 0.15) is 0 Å². The van der Waals surface area contributed by atoms with Gasteiger partial charge >= 0.3 is 12.1 Å². The van der Waals surface area contributed by atoms with Crippen molar-refractivity contribution in [3.05, 3.63) is 29.3 Å². The zero-order valence-corrected chi connectivity index (χ0v) is 18.0. The molecule has 0 unspecified atom stereocenters. The number of carbonyl (C=O) groups is 3. The Balaban J connectivity index is 0.000000423. The smallest absolute Gasteiger partial charge is 0.475 e. The number of carboxylic acid groups (broad SMARTS) is 1. The van der Waals surface area contributed by atoms with Crippen LogP contribution in [0.15, 0.2) is 18.2 Å². The lowest BCUT2D eigenvalue weighted by Crippen LogP contribution is -2.47. The monoisotopic (exact) mass is 443 g/mol. The van der Waals surface area contributed by atoms with Crippen LogP contribution in [0.1, 0.15) is 42.6 Å². The van der Waals surface area contributed by atoms with Crippen LogP contribution in [-0.4, -0.2) is 72.6 Å². The van der Waals surface area contributed by atoms with E-state index in [1.165, 1.54) is 0 Å². The molecule has 0 radical (unpaired) electrons. The Bertz CT molecular complexity index is 845. The Morgan fingerprint density at radius 2 is 1.77 bits per heavy atom. The summed E-state index contributed by atoms with van der Waals surface area (Å²) in [5, 5.41) is 10.2. The Morgan fingerprint density at radius 1 is 1.23 bits per heavy atom. The number of alkyl halides is 3. The molecule has 7 nitrogen and oxygen atoms in total. The molecule has 2 amide bonds. The average Bonchev–Trinajstić information content (AvgIpc) is 2.93. The molecule has 2 N–H and O–H groups in total. The number of aliphatic carboxylic acids is 1. The van der Waals surface area contributed by atoms with Gasteiger partial charge < -0.3 is 20.2 Å². The first-order valence-corrected chi connectivity index (χ1v) is 9.98. The number of fused-ring (bicyclic) bond motifs is 2. The van der Waals surface area contributed by atoms with Gasteiger partial charge in [-0.1, -0.05) is 13.8 Å². The van der Waals surface area contributed by atoms with Gasteiger partial charge in [-0.25, -0.2) is 4.79 Å². The fourth-order valence-corrected chi connectivity index (χ4v) is 3.93. The second-order valence-electron chi connectivity index (χ2n) is 8.49. The van der Waals surface area contributed by atoms with Crippen molar-refractivity contribution >= 4 is 23.5 Å². The SMILES string of the molecule is CC(C)CN1CCC2(CC1)C(=O)Nc1ccc(C(=O)N(C)C)cc12.O=C(O)C(F)(F)F. The standard InChI is InChI=1S/C19H27N3O2.C2HF3O2/c1-13(2)12-22-9-7-19(8-10-22)15-11-14(17(23)21(3)4)5-6-16(15)20-18(19)24;3-2(4,5)1(6)7/h5-6,11,13H,7-10,12H2,1-4H3,(H,20,24);(H,6,7). The van der Waals surface area contributed by atoms with Gasteiger partial charge in [0.25, 0.3) is 5.91 Å². The van der Waals surface area contributed by atoms with Crippen LogP contribution in [0.25, 0.3) is 0 Å². The van der Waals surface area contributed by atoms with Crippen LogP contribution in [0.3, 0.4) is 0 Å². The minimum atomic E-state index is -5.08. The molecule has 172 valence electrons. The van der Waals surface area contributed by atoms with E-state index in [-0.39, 0.29) is 11.8 Å². The molecule has 1 saturated heterocycles. The number of anilines is 1. The number of halogens is 3. The van der Waals surface area contributed by atoms with Gasteiger partial charge in [0, 0.05) is 31.9 Å². The zero-order valence-electron chi connectivity index (χ0n) is 18.0. The number of hydrogen-bond donors (Lipinski definition) is 2. The number of hydrogen-bond acceptors (Lipinski definition) is 4. The van der Waals surface area contributed by atoms with Crippen molar-refractivity contribution < 1.29 is 32.7 Å². The topological polar surface area (TPSA) is 90.0 Å². The number of nitrogens with zero attached hydrogens (tertiary/aromatic N) is 2. The number of likely N-dealkylation sites (tertiary alicyclic amines) is 1. The van der Waals surface area contributed by atoms with Crippen molar-refractivity contribution in [1.29, 1.82) is 0 Å². The molecular formula is C21H28F3N3O4. The maximum absolute atomic E-state index is 12.7. The molecule has 0 aromatic heterocycles. The Kier molecular flexibility index (Phi) is 7.36. The van der Waals surface area contributed by atoms with E-state index in [0.717, 1.165) is 43.7 Å². The second-order valence-corrected chi connectivity index (χ2v) is 8.49. The molecule has 2 aliphatic heterocycles. The lowest BCUT2D eigenvalue weighted by molar-refractivity contribution is -0.192. The van der Waals surface area contributed by atoms with Crippen LogP contribution in [0.4, 0.5) is 18.9 Å². The van der Waals surface area contributed by atoms with Gasteiger partial charge in [-0.2, -0.15) is 13.2 Å². The van der Waals surface area contributed by atoms with Crippen LogP contribution in [0.2, 0.25) is 0 Å². The summed E-state index contributed by atoms with van der Waals surface area (Å²) in [6.45, 7) is 7.37. The number of amides is 2. The molecule has 1 fully saturated rings. The summed E-state index contributed by atoms with van der Waals surface area (Å²) in [5.74, 6) is -2.05. The highest BCUT2D eigenvalue weighted by Gasteiger charge is 2.48. The maximum Gasteiger partial charge on any atom is 0.490 e. The predicted octanol–water partition coefficient (Wildman–Crippen LogP) is 2.96. The number of carboxylic acids is 1. The zero-order chi connectivity index (χ0) is 23.6. The molecule has 2 aliphatic rings. The fraction of sp³-hybridized carbons (Fsp3) is 0.571. The summed E-state index contributed by atoms with van der Waals surface area (Å²) >= 11 is 0. The molecular weight excluding hydrogens is 415 g/mol. The summed E-state index contributed by atoms with van der Waals surface area (Å²) in [6, 6.07) is 5.60. The van der Waals surface area contributed by atoms with E-state index in [0.29, 0.717) is 11.5 Å². The first-order chi connectivity index (χ1) is 14.3. The van der Waals surface area contributed by atoms with Gasteiger partial charge in [0.15, 0.2) is 0 Å². The van der Waals surface area contributed by atoms with Crippen LogP contribution in [-0.2, 0) is 15.0 Å². The minimum Gasteiger partial charge on any atom is -0.475 e. The average molecular weight is 443 g/mol. The van der Waals surface area contributed by atoms with Gasteiger partial charge in [-0.3, -0.25) is 9.59 Å². The first-order valence-electron chi connectivity index (χ1n) is 9.98. The lowest BCUT2D eigenvalue weighted by atomic mass is 9.73. The van der Waals surface area contributed by atoms with E-state index in [9.17, 15) is 22.8 Å². The largest absolute Gasteiger partial charge is 0.490 e. The molecule has 0 saturated carbocycles. The minimum absolute atomic E-state index is 0.0236. The fourth-order valence-electron chi connectivity index (χ4n) is 3.93. The van der Waals surface area contributed by atoms with Crippen LogP contribution < -0.4 is 5.32 Å². The third-order valence-electron chi connectivity index (χ3n) is 5.45. The van der Waals surface area contributed by atoms with Crippen molar-refractivity contribution in [1.82, 2.24) is 9.80 Å². The van der Waals surface area contributed by atoms with E-state index in [1.807, 2.05) is 12.1 Å². The third-order valence-corrected chi connectivity index (χ3v) is 5.45. The van der Waals surface area contributed by atoms with Gasteiger partial charge in [0.05, 0.1) is 5.41 Å². The number of rotatable bonds is 3. The molecule has 10 heteroatoms. The van der Waals surface area contributed by atoms with Crippen molar-refractivity contribution in [3.63, 3.8) is 0 Å². The Hall–Kier alpha value is -2.62. The van der Waals surface area contributed by atoms with Crippen molar-refractivity contribution in [2.45, 2.75) is 38.3 Å². The summed E-state index contributed by atoms with van der Waals surface area (Å²) in [6.07, 6.45) is -3.45. The Morgan fingerprint density at radius 3 is 2.23 bits per heavy atom. The van der Waals surface area contributed by atoms with Crippen molar-refractivity contribution in [2.24, 2.45) is 5.92 Å². The molecule has 1 spiro atoms. The quantitative estimate of drug-likeness (QED) is 0.750. The molecule has 0 atom stereocenters. The summed E-state index contributed by atoms with van der Waals surface area (Å²) < 4.78 is 31.7. The lowest BCUT2D eigenvalue weighted by Gasteiger charge is -2.38. The number of carbonyl (C=O) groups excluding carboxylic acids is 2. The Labute approximate surface area is 179 Å². The van der Waals surface area contributed by atoms with Crippen molar-refractivity contribution in [2.75, 3.05) is 39.0 Å². The van der Waals surface area contributed by atoms with Gasteiger partial charge in [-0.15, -0.1) is 0 Å². The maximum atomic E-state index is 12.7. The van der Waals surface area contributed by atoms with E-state index in [4.69, 9.17) is 9.90 Å². The predicted molar refractivity (Wildman–Crippen MR) is 109 cm³/mol. The van der Waals surface area contributed by atoms with E-state index in [2.05, 4.69) is 24.1 Å². The summed E-state index contributed by atoms with van der Waals surface area (Å²) in [4.78, 5) is 37.9. The van der Waals surface area contributed by atoms with Gasteiger partial charge in [0.2, 0.25) is 5.91 Å². The molecule has 0 aliphatic carbocycles. The molecule has 0 bridgehead atoms. The normalized spacial score (nSPS) is 17.6. The van der Waals surface area contributed by atoms with Crippen LogP contribution in [0, 0.1) is 5.92 Å².